The average molecular weight is 320 g/mol. The van der Waals surface area contributed by atoms with Crippen LogP contribution in [0.3, 0.4) is 0 Å². The van der Waals surface area contributed by atoms with Crippen molar-refractivity contribution in [1.82, 2.24) is 0 Å². The molecule has 0 aliphatic rings. The van der Waals surface area contributed by atoms with Crippen LogP contribution < -0.4 is 9.47 Å². The highest BCUT2D eigenvalue weighted by Crippen LogP contribution is 2.50. The van der Waals surface area contributed by atoms with Gasteiger partial charge in [-0.3, -0.25) is 0 Å². The highest BCUT2D eigenvalue weighted by Gasteiger charge is 2.36. The van der Waals surface area contributed by atoms with Gasteiger partial charge in [-0.2, -0.15) is 0 Å². The first-order valence-electron chi connectivity index (χ1n) is 6.65. The van der Waals surface area contributed by atoms with E-state index in [0.717, 1.165) is 19.1 Å². The standard InChI is InChI=1S/C15H19F3O4/c1-5-8(2)6-7-10-9(3)11(19)14(22-15(16,17)18)13(21-4)12(10)20/h6,19-20H,5,7H2,1-4H3/b8-6+. The second kappa shape index (κ2) is 6.81. The van der Waals surface area contributed by atoms with Crippen LogP contribution in [0.25, 0.3) is 0 Å². The fraction of sp³-hybridized carbons (Fsp3) is 0.467. The quantitative estimate of drug-likeness (QED) is 0.630. The Morgan fingerprint density at radius 1 is 1.18 bits per heavy atom. The van der Waals surface area contributed by atoms with E-state index in [1.807, 2.05) is 19.9 Å². The van der Waals surface area contributed by atoms with Gasteiger partial charge in [-0.25, -0.2) is 0 Å². The number of phenols is 2. The number of halogens is 3. The second-order valence-electron chi connectivity index (χ2n) is 4.82. The summed E-state index contributed by atoms with van der Waals surface area (Å²) >= 11 is 0. The molecule has 0 aliphatic carbocycles. The largest absolute Gasteiger partial charge is 0.573 e. The number of hydrogen-bond donors (Lipinski definition) is 2. The summed E-state index contributed by atoms with van der Waals surface area (Å²) in [4.78, 5) is 0. The van der Waals surface area contributed by atoms with Crippen molar-refractivity contribution < 1.29 is 32.9 Å². The zero-order valence-electron chi connectivity index (χ0n) is 12.8. The molecule has 0 radical (unpaired) electrons. The topological polar surface area (TPSA) is 58.9 Å². The molecule has 0 spiro atoms. The van der Waals surface area contributed by atoms with Gasteiger partial charge in [0, 0.05) is 11.1 Å². The smallest absolute Gasteiger partial charge is 0.504 e. The van der Waals surface area contributed by atoms with Gasteiger partial charge in [0.05, 0.1) is 7.11 Å². The lowest BCUT2D eigenvalue weighted by atomic mass is 10.00. The Kier molecular flexibility index (Phi) is 5.57. The zero-order chi connectivity index (χ0) is 17.1. The summed E-state index contributed by atoms with van der Waals surface area (Å²) < 4.78 is 45.8. The van der Waals surface area contributed by atoms with Crippen molar-refractivity contribution in [3.8, 4) is 23.0 Å². The summed E-state index contributed by atoms with van der Waals surface area (Å²) in [6.07, 6.45) is -2.12. The lowest BCUT2D eigenvalue weighted by Crippen LogP contribution is -2.18. The number of benzene rings is 1. The number of alkyl halides is 3. The van der Waals surface area contributed by atoms with E-state index in [-0.39, 0.29) is 17.5 Å². The van der Waals surface area contributed by atoms with Crippen LogP contribution in [0.5, 0.6) is 23.0 Å². The highest BCUT2D eigenvalue weighted by molar-refractivity contribution is 5.66. The molecule has 0 bridgehead atoms. The molecule has 1 aromatic carbocycles. The molecule has 0 heterocycles. The van der Waals surface area contributed by atoms with Gasteiger partial charge >= 0.3 is 6.36 Å². The van der Waals surface area contributed by atoms with Crippen molar-refractivity contribution in [1.29, 1.82) is 0 Å². The van der Waals surface area contributed by atoms with E-state index >= 15 is 0 Å². The molecular formula is C15H19F3O4. The minimum Gasteiger partial charge on any atom is -0.504 e. The van der Waals surface area contributed by atoms with Crippen molar-refractivity contribution in [2.24, 2.45) is 0 Å². The zero-order valence-corrected chi connectivity index (χ0v) is 12.8. The molecule has 0 amide bonds. The third kappa shape index (κ3) is 3.99. The van der Waals surface area contributed by atoms with Crippen LogP contribution in [0, 0.1) is 6.92 Å². The van der Waals surface area contributed by atoms with Gasteiger partial charge in [-0.15, -0.1) is 13.2 Å². The van der Waals surface area contributed by atoms with Gasteiger partial charge < -0.3 is 19.7 Å². The van der Waals surface area contributed by atoms with Gasteiger partial charge in [0.2, 0.25) is 11.5 Å². The van der Waals surface area contributed by atoms with Gasteiger partial charge in [-0.1, -0.05) is 18.6 Å². The Bertz CT molecular complexity index is 577. The fourth-order valence-electron chi connectivity index (χ4n) is 1.91. The summed E-state index contributed by atoms with van der Waals surface area (Å²) in [6.45, 7) is 5.25. The van der Waals surface area contributed by atoms with Crippen LogP contribution in [-0.4, -0.2) is 23.7 Å². The SMILES string of the molecule is CC/C(C)=C/Cc1c(C)c(O)c(OC(F)(F)F)c(OC)c1O. The molecule has 0 atom stereocenters. The van der Waals surface area contributed by atoms with Crippen LogP contribution in [0.1, 0.15) is 31.4 Å². The van der Waals surface area contributed by atoms with Crippen LogP contribution in [-0.2, 0) is 6.42 Å². The van der Waals surface area contributed by atoms with E-state index in [1.54, 1.807) is 0 Å². The summed E-state index contributed by atoms with van der Waals surface area (Å²) in [6, 6.07) is 0. The van der Waals surface area contributed by atoms with Crippen molar-refractivity contribution in [2.45, 2.75) is 40.0 Å². The Morgan fingerprint density at radius 3 is 2.23 bits per heavy atom. The van der Waals surface area contributed by atoms with Crippen molar-refractivity contribution in [3.63, 3.8) is 0 Å². The van der Waals surface area contributed by atoms with E-state index in [4.69, 9.17) is 4.74 Å². The average Bonchev–Trinajstić information content (AvgIpc) is 2.43. The Hall–Kier alpha value is -2.05. The van der Waals surface area contributed by atoms with E-state index < -0.39 is 29.4 Å². The lowest BCUT2D eigenvalue weighted by molar-refractivity contribution is -0.275. The maximum Gasteiger partial charge on any atom is 0.573 e. The fourth-order valence-corrected chi connectivity index (χ4v) is 1.91. The first-order valence-corrected chi connectivity index (χ1v) is 6.65. The van der Waals surface area contributed by atoms with Crippen LogP contribution in [0.4, 0.5) is 13.2 Å². The summed E-state index contributed by atoms with van der Waals surface area (Å²) in [5, 5.41) is 20.1. The highest BCUT2D eigenvalue weighted by atomic mass is 19.4. The van der Waals surface area contributed by atoms with E-state index in [1.165, 1.54) is 6.92 Å². The maximum absolute atomic E-state index is 12.4. The third-order valence-electron chi connectivity index (χ3n) is 3.36. The summed E-state index contributed by atoms with van der Waals surface area (Å²) in [5.74, 6) is -2.66. The molecule has 0 saturated heterocycles. The minimum atomic E-state index is -5.01. The number of rotatable bonds is 5. The van der Waals surface area contributed by atoms with E-state index in [2.05, 4.69) is 4.74 Å². The molecule has 4 nitrogen and oxygen atoms in total. The Balaban J connectivity index is 3.43. The molecule has 0 unspecified atom stereocenters. The monoisotopic (exact) mass is 320 g/mol. The molecule has 22 heavy (non-hydrogen) atoms. The van der Waals surface area contributed by atoms with E-state index in [9.17, 15) is 23.4 Å². The molecule has 1 rings (SSSR count). The molecule has 0 saturated carbocycles. The molecule has 0 aliphatic heterocycles. The van der Waals surface area contributed by atoms with Crippen LogP contribution in [0.2, 0.25) is 0 Å². The number of hydrogen-bond acceptors (Lipinski definition) is 4. The number of allylic oxidation sites excluding steroid dienone is 2. The number of ether oxygens (including phenoxy) is 2. The molecule has 7 heteroatoms. The van der Waals surface area contributed by atoms with Gasteiger partial charge in [0.15, 0.2) is 11.5 Å². The summed E-state index contributed by atoms with van der Waals surface area (Å²) in [5.41, 5.74) is 1.45. The minimum absolute atomic E-state index is 0.109. The summed E-state index contributed by atoms with van der Waals surface area (Å²) in [7, 11) is 1.09. The van der Waals surface area contributed by atoms with Gasteiger partial charge in [0.1, 0.15) is 0 Å². The van der Waals surface area contributed by atoms with Crippen molar-refractivity contribution >= 4 is 0 Å². The Labute approximate surface area is 126 Å². The van der Waals surface area contributed by atoms with Crippen LogP contribution >= 0.6 is 0 Å². The maximum atomic E-state index is 12.4. The molecule has 1 aromatic rings. The molecule has 0 fully saturated rings. The van der Waals surface area contributed by atoms with Crippen LogP contribution in [0.15, 0.2) is 11.6 Å². The van der Waals surface area contributed by atoms with Crippen molar-refractivity contribution in [2.75, 3.05) is 7.11 Å². The van der Waals surface area contributed by atoms with Crippen molar-refractivity contribution in [3.05, 3.63) is 22.8 Å². The molecule has 2 N–H and O–H groups in total. The number of phenolic OH excluding ortho intramolecular Hbond substituents is 2. The predicted octanol–water partition coefficient (Wildman–Crippen LogP) is 4.21. The van der Waals surface area contributed by atoms with Gasteiger partial charge in [0.25, 0.3) is 0 Å². The predicted molar refractivity (Wildman–Crippen MR) is 75.5 cm³/mol. The molecular weight excluding hydrogens is 301 g/mol. The third-order valence-corrected chi connectivity index (χ3v) is 3.36. The number of aromatic hydroxyl groups is 2. The number of methoxy groups -OCH3 is 1. The Morgan fingerprint density at radius 2 is 1.77 bits per heavy atom. The lowest BCUT2D eigenvalue weighted by Gasteiger charge is -2.19. The molecule has 124 valence electrons. The second-order valence-corrected chi connectivity index (χ2v) is 4.82. The van der Waals surface area contributed by atoms with Gasteiger partial charge in [-0.05, 0) is 26.7 Å². The first kappa shape index (κ1) is 18.0. The first-order chi connectivity index (χ1) is 10.1. The van der Waals surface area contributed by atoms with E-state index in [0.29, 0.717) is 0 Å². The molecule has 0 aromatic heterocycles. The normalized spacial score (nSPS) is 12.4.